The molecule has 2 aromatic rings. The van der Waals surface area contributed by atoms with E-state index < -0.39 is 11.7 Å². The lowest BCUT2D eigenvalue weighted by molar-refractivity contribution is 0.0526. The minimum absolute atomic E-state index is 0.0976. The lowest BCUT2D eigenvalue weighted by Crippen LogP contribution is -2.49. The Kier molecular flexibility index (Phi) is 5.96. The molecule has 1 aliphatic heterocycles. The van der Waals surface area contributed by atoms with Crippen LogP contribution >= 0.6 is 11.6 Å². The molecule has 0 saturated carbocycles. The molecule has 1 saturated heterocycles. The van der Waals surface area contributed by atoms with Gasteiger partial charge in [-0.25, -0.2) is 9.18 Å². The van der Waals surface area contributed by atoms with Crippen LogP contribution in [0.5, 0.6) is 0 Å². The molecule has 0 atom stereocenters. The van der Waals surface area contributed by atoms with Crippen LogP contribution in [0.1, 0.15) is 27.6 Å². The minimum Gasteiger partial charge on any atom is -0.462 e. The quantitative estimate of drug-likeness (QED) is 0.748. The third-order valence-corrected chi connectivity index (χ3v) is 4.80. The van der Waals surface area contributed by atoms with Crippen LogP contribution in [0.4, 0.5) is 10.1 Å². The van der Waals surface area contributed by atoms with Crippen LogP contribution in [0.3, 0.4) is 0 Å². The van der Waals surface area contributed by atoms with Gasteiger partial charge in [-0.05, 0) is 31.2 Å². The summed E-state index contributed by atoms with van der Waals surface area (Å²) in [5.74, 6) is -1.41. The van der Waals surface area contributed by atoms with Gasteiger partial charge in [0.1, 0.15) is 5.82 Å². The van der Waals surface area contributed by atoms with Crippen molar-refractivity contribution in [2.75, 3.05) is 37.7 Å². The van der Waals surface area contributed by atoms with Crippen LogP contribution in [0.25, 0.3) is 0 Å². The number of carbonyl (C=O) groups is 2. The van der Waals surface area contributed by atoms with E-state index in [1.54, 1.807) is 24.0 Å². The summed E-state index contributed by atoms with van der Waals surface area (Å²) in [4.78, 5) is 28.4. The second kappa shape index (κ2) is 8.39. The highest BCUT2D eigenvalue weighted by Crippen LogP contribution is 2.25. The molecule has 0 unspecified atom stereocenters. The number of hydrogen-bond acceptors (Lipinski definition) is 4. The van der Waals surface area contributed by atoms with Gasteiger partial charge in [-0.1, -0.05) is 29.8 Å². The Morgan fingerprint density at radius 2 is 1.78 bits per heavy atom. The summed E-state index contributed by atoms with van der Waals surface area (Å²) < 4.78 is 19.1. The first kappa shape index (κ1) is 19.2. The predicted octanol–water partition coefficient (Wildman–Crippen LogP) is 3.62. The Bertz CT molecular complexity index is 831. The van der Waals surface area contributed by atoms with E-state index in [0.717, 1.165) is 5.69 Å². The van der Waals surface area contributed by atoms with Crippen LogP contribution in [-0.2, 0) is 4.74 Å². The van der Waals surface area contributed by atoms with Crippen molar-refractivity contribution in [3.8, 4) is 0 Å². The van der Waals surface area contributed by atoms with Crippen LogP contribution in [0.15, 0.2) is 42.5 Å². The zero-order valence-corrected chi connectivity index (χ0v) is 15.7. The molecular formula is C20H20ClFN2O3. The third-order valence-electron chi connectivity index (χ3n) is 4.48. The molecule has 1 amide bonds. The molecule has 0 spiro atoms. The third kappa shape index (κ3) is 4.06. The fourth-order valence-electron chi connectivity index (χ4n) is 3.14. The largest absolute Gasteiger partial charge is 0.462 e. The Morgan fingerprint density at radius 1 is 1.07 bits per heavy atom. The summed E-state index contributed by atoms with van der Waals surface area (Å²) in [6.07, 6.45) is 0. The molecule has 5 nitrogen and oxygen atoms in total. The number of piperazine rings is 1. The van der Waals surface area contributed by atoms with Gasteiger partial charge >= 0.3 is 5.97 Å². The lowest BCUT2D eigenvalue weighted by Gasteiger charge is -2.37. The van der Waals surface area contributed by atoms with Gasteiger partial charge in [-0.3, -0.25) is 4.79 Å². The molecule has 2 aromatic carbocycles. The number of nitrogens with zero attached hydrogens (tertiary/aromatic N) is 2. The number of esters is 1. The molecule has 1 heterocycles. The van der Waals surface area contributed by atoms with E-state index in [0.29, 0.717) is 38.3 Å². The smallest absolute Gasteiger partial charge is 0.340 e. The van der Waals surface area contributed by atoms with Crippen molar-refractivity contribution < 1.29 is 18.7 Å². The highest BCUT2D eigenvalue weighted by Gasteiger charge is 2.27. The molecule has 0 aliphatic carbocycles. The predicted molar refractivity (Wildman–Crippen MR) is 102 cm³/mol. The van der Waals surface area contributed by atoms with E-state index in [4.69, 9.17) is 16.3 Å². The number of hydrogen-bond donors (Lipinski definition) is 0. The first-order chi connectivity index (χ1) is 13.0. The highest BCUT2D eigenvalue weighted by molar-refractivity contribution is 6.33. The fraction of sp³-hybridized carbons (Fsp3) is 0.300. The molecular weight excluding hydrogens is 371 g/mol. The molecule has 1 aliphatic rings. The van der Waals surface area contributed by atoms with Crippen molar-refractivity contribution in [2.45, 2.75) is 6.92 Å². The van der Waals surface area contributed by atoms with Crippen LogP contribution in [0, 0.1) is 5.82 Å². The van der Waals surface area contributed by atoms with Gasteiger partial charge in [-0.2, -0.15) is 0 Å². The summed E-state index contributed by atoms with van der Waals surface area (Å²) in [5.41, 5.74) is 1.17. The molecule has 7 heteroatoms. The average Bonchev–Trinajstić information content (AvgIpc) is 2.68. The van der Waals surface area contributed by atoms with E-state index in [1.807, 2.05) is 17.0 Å². The number of rotatable bonds is 4. The number of anilines is 1. The number of carbonyl (C=O) groups excluding carboxylic acids is 2. The zero-order chi connectivity index (χ0) is 19.4. The van der Waals surface area contributed by atoms with Crippen molar-refractivity contribution in [3.05, 3.63) is 64.4 Å². The maximum Gasteiger partial charge on any atom is 0.340 e. The van der Waals surface area contributed by atoms with E-state index >= 15 is 0 Å². The van der Waals surface area contributed by atoms with Crippen molar-refractivity contribution in [2.24, 2.45) is 0 Å². The highest BCUT2D eigenvalue weighted by atomic mass is 35.5. The fourth-order valence-corrected chi connectivity index (χ4v) is 3.39. The normalized spacial score (nSPS) is 14.2. The van der Waals surface area contributed by atoms with E-state index in [1.165, 1.54) is 18.2 Å². The van der Waals surface area contributed by atoms with Crippen molar-refractivity contribution >= 4 is 29.2 Å². The molecule has 0 radical (unpaired) electrons. The first-order valence-corrected chi connectivity index (χ1v) is 9.15. The number of halogens is 2. The monoisotopic (exact) mass is 390 g/mol. The standard InChI is InChI=1S/C20H20ClFN2O3/c1-2-27-20(26)14-6-3-4-9-17(14)23-10-12-24(13-11-23)19(25)18-15(21)7-5-8-16(18)22/h3-9H,2,10-13H2,1H3. The number of amides is 1. The van der Waals surface area contributed by atoms with E-state index in [9.17, 15) is 14.0 Å². The average molecular weight is 391 g/mol. The Labute approximate surface area is 162 Å². The SMILES string of the molecule is CCOC(=O)c1ccccc1N1CCN(C(=O)c2c(F)cccc2Cl)CC1. The van der Waals surface area contributed by atoms with E-state index in [2.05, 4.69) is 0 Å². The van der Waals surface area contributed by atoms with Crippen LogP contribution in [0.2, 0.25) is 5.02 Å². The minimum atomic E-state index is -0.623. The number of ether oxygens (including phenoxy) is 1. The van der Waals surface area contributed by atoms with E-state index in [-0.39, 0.29) is 16.6 Å². The molecule has 0 aromatic heterocycles. The van der Waals surface area contributed by atoms with Gasteiger partial charge in [0.2, 0.25) is 0 Å². The van der Waals surface area contributed by atoms with Gasteiger partial charge in [0.15, 0.2) is 0 Å². The van der Waals surface area contributed by atoms with Crippen LogP contribution in [-0.4, -0.2) is 49.6 Å². The summed E-state index contributed by atoms with van der Waals surface area (Å²) in [6, 6.07) is 11.4. The zero-order valence-electron chi connectivity index (χ0n) is 15.0. The van der Waals surface area contributed by atoms with Crippen molar-refractivity contribution in [3.63, 3.8) is 0 Å². The van der Waals surface area contributed by atoms with Crippen molar-refractivity contribution in [1.29, 1.82) is 0 Å². The van der Waals surface area contributed by atoms with Crippen LogP contribution < -0.4 is 4.90 Å². The van der Waals surface area contributed by atoms with Gasteiger partial charge in [-0.15, -0.1) is 0 Å². The summed E-state index contributed by atoms with van der Waals surface area (Å²) >= 11 is 6.00. The summed E-state index contributed by atoms with van der Waals surface area (Å²) in [6.45, 7) is 3.92. The maximum absolute atomic E-state index is 14.0. The molecule has 27 heavy (non-hydrogen) atoms. The summed E-state index contributed by atoms with van der Waals surface area (Å²) in [5, 5.41) is 0.107. The van der Waals surface area contributed by atoms with Gasteiger partial charge < -0.3 is 14.5 Å². The molecule has 3 rings (SSSR count). The first-order valence-electron chi connectivity index (χ1n) is 8.77. The van der Waals surface area contributed by atoms with Gasteiger partial charge in [0.25, 0.3) is 5.91 Å². The Balaban J connectivity index is 1.73. The number of para-hydroxylation sites is 1. The lowest BCUT2D eigenvalue weighted by atomic mass is 10.1. The second-order valence-electron chi connectivity index (χ2n) is 6.11. The maximum atomic E-state index is 14.0. The van der Waals surface area contributed by atoms with Crippen molar-refractivity contribution in [1.82, 2.24) is 4.90 Å². The summed E-state index contributed by atoms with van der Waals surface area (Å²) in [7, 11) is 0. The Morgan fingerprint density at radius 3 is 2.44 bits per heavy atom. The van der Waals surface area contributed by atoms with Gasteiger partial charge in [0.05, 0.1) is 28.4 Å². The molecule has 142 valence electrons. The Hall–Kier alpha value is -2.60. The molecule has 0 bridgehead atoms. The molecule has 0 N–H and O–H groups in total. The number of benzene rings is 2. The topological polar surface area (TPSA) is 49.9 Å². The molecule has 1 fully saturated rings. The van der Waals surface area contributed by atoms with Gasteiger partial charge in [0, 0.05) is 26.2 Å². The second-order valence-corrected chi connectivity index (χ2v) is 6.52.